The number of benzene rings is 2. The minimum Gasteiger partial charge on any atom is -0.445 e. The van der Waals surface area contributed by atoms with E-state index in [1.807, 2.05) is 36.4 Å². The molecule has 0 saturated carbocycles. The Balaban J connectivity index is 1.49. The summed E-state index contributed by atoms with van der Waals surface area (Å²) < 4.78 is 18.6. The van der Waals surface area contributed by atoms with Crippen LogP contribution in [0.5, 0.6) is 0 Å². The summed E-state index contributed by atoms with van der Waals surface area (Å²) >= 11 is 0. The molecule has 2 aromatic carbocycles. The van der Waals surface area contributed by atoms with Gasteiger partial charge in [0.1, 0.15) is 12.4 Å². The number of nitrogens with zero attached hydrogens (tertiary/aromatic N) is 1. The predicted molar refractivity (Wildman–Crippen MR) is 92.5 cm³/mol. The van der Waals surface area contributed by atoms with Gasteiger partial charge in [0.2, 0.25) is 0 Å². The molecule has 0 bridgehead atoms. The summed E-state index contributed by atoms with van der Waals surface area (Å²) in [6.07, 6.45) is 0.919. The van der Waals surface area contributed by atoms with E-state index in [2.05, 4.69) is 0 Å². The van der Waals surface area contributed by atoms with Gasteiger partial charge in [-0.05, 0) is 36.1 Å². The van der Waals surface area contributed by atoms with Gasteiger partial charge in [-0.25, -0.2) is 9.18 Å². The van der Waals surface area contributed by atoms with Crippen molar-refractivity contribution < 1.29 is 19.0 Å². The second-order valence-electron chi connectivity index (χ2n) is 6.56. The fraction of sp³-hybridized carbons (Fsp3) is 0.350. The van der Waals surface area contributed by atoms with Gasteiger partial charge >= 0.3 is 6.09 Å². The molecule has 1 saturated heterocycles. The molecule has 0 atom stereocenters. The van der Waals surface area contributed by atoms with Crippen molar-refractivity contribution in [1.82, 2.24) is 4.90 Å². The van der Waals surface area contributed by atoms with Gasteiger partial charge in [0.25, 0.3) is 0 Å². The molecule has 1 N–H and O–H groups in total. The van der Waals surface area contributed by atoms with E-state index in [4.69, 9.17) is 4.74 Å². The number of rotatable bonds is 4. The van der Waals surface area contributed by atoms with Crippen molar-refractivity contribution in [3.8, 4) is 0 Å². The maximum atomic E-state index is 13.3. The topological polar surface area (TPSA) is 49.8 Å². The lowest BCUT2D eigenvalue weighted by Crippen LogP contribution is -2.47. The SMILES string of the molecule is O=C(OCc1ccccc1)N1CCC(O)(Cc2cccc(F)c2)CC1. The Morgan fingerprint density at radius 2 is 1.76 bits per heavy atom. The van der Waals surface area contributed by atoms with Gasteiger partial charge in [-0.2, -0.15) is 0 Å². The summed E-state index contributed by atoms with van der Waals surface area (Å²) in [7, 11) is 0. The molecule has 4 nitrogen and oxygen atoms in total. The number of piperidine rings is 1. The van der Waals surface area contributed by atoms with Gasteiger partial charge in [0.05, 0.1) is 5.60 Å². The minimum atomic E-state index is -0.913. The summed E-state index contributed by atoms with van der Waals surface area (Å²) in [5.41, 5.74) is 0.794. The smallest absolute Gasteiger partial charge is 0.410 e. The highest BCUT2D eigenvalue weighted by Gasteiger charge is 2.34. The Morgan fingerprint density at radius 3 is 2.44 bits per heavy atom. The molecule has 0 radical (unpaired) electrons. The Hall–Kier alpha value is -2.40. The largest absolute Gasteiger partial charge is 0.445 e. The Morgan fingerprint density at radius 1 is 1.08 bits per heavy atom. The van der Waals surface area contributed by atoms with Crippen LogP contribution in [0.15, 0.2) is 54.6 Å². The van der Waals surface area contributed by atoms with E-state index >= 15 is 0 Å². The lowest BCUT2D eigenvalue weighted by molar-refractivity contribution is -0.0206. The maximum absolute atomic E-state index is 13.3. The molecule has 1 amide bonds. The van der Waals surface area contributed by atoms with E-state index in [-0.39, 0.29) is 18.5 Å². The third-order valence-electron chi connectivity index (χ3n) is 4.58. The van der Waals surface area contributed by atoms with Crippen molar-refractivity contribution in [1.29, 1.82) is 0 Å². The molecule has 0 aromatic heterocycles. The van der Waals surface area contributed by atoms with Gasteiger partial charge < -0.3 is 14.7 Å². The minimum absolute atomic E-state index is 0.240. The van der Waals surface area contributed by atoms with Crippen molar-refractivity contribution in [2.75, 3.05) is 13.1 Å². The molecule has 0 spiro atoms. The van der Waals surface area contributed by atoms with E-state index in [0.29, 0.717) is 32.4 Å². The number of carbonyl (C=O) groups excluding carboxylic acids is 1. The Labute approximate surface area is 146 Å². The third kappa shape index (κ3) is 4.79. The van der Waals surface area contributed by atoms with Crippen LogP contribution in [0.4, 0.5) is 9.18 Å². The molecule has 2 aromatic rings. The van der Waals surface area contributed by atoms with Crippen molar-refractivity contribution in [2.45, 2.75) is 31.5 Å². The van der Waals surface area contributed by atoms with Crippen LogP contribution in [0, 0.1) is 5.82 Å². The molecule has 1 fully saturated rings. The van der Waals surface area contributed by atoms with Crippen LogP contribution in [0.25, 0.3) is 0 Å². The van der Waals surface area contributed by atoms with Crippen molar-refractivity contribution in [3.63, 3.8) is 0 Å². The molecule has 1 aliphatic heterocycles. The molecule has 132 valence electrons. The summed E-state index contributed by atoms with van der Waals surface area (Å²) in [6.45, 7) is 1.10. The number of amides is 1. The normalized spacial score (nSPS) is 16.5. The Bertz CT molecular complexity index is 712. The second kappa shape index (κ2) is 7.66. The van der Waals surface area contributed by atoms with Crippen molar-refractivity contribution in [3.05, 3.63) is 71.5 Å². The predicted octanol–water partition coefficient (Wildman–Crippen LogP) is 3.53. The zero-order chi connectivity index (χ0) is 17.7. The lowest BCUT2D eigenvalue weighted by Gasteiger charge is -2.37. The monoisotopic (exact) mass is 343 g/mol. The molecule has 0 unspecified atom stereocenters. The molecule has 1 aliphatic rings. The van der Waals surface area contributed by atoms with E-state index in [0.717, 1.165) is 11.1 Å². The molecule has 1 heterocycles. The van der Waals surface area contributed by atoms with Gasteiger partial charge in [0.15, 0.2) is 0 Å². The standard InChI is InChI=1S/C20H22FNO3/c21-18-8-4-7-17(13-18)14-20(24)9-11-22(12-10-20)19(23)25-15-16-5-2-1-3-6-16/h1-8,13,24H,9-12,14-15H2. The maximum Gasteiger partial charge on any atom is 0.410 e. The number of aliphatic hydroxyl groups is 1. The quantitative estimate of drug-likeness (QED) is 0.924. The molecular weight excluding hydrogens is 321 g/mol. The highest BCUT2D eigenvalue weighted by molar-refractivity contribution is 5.67. The Kier molecular flexibility index (Phi) is 5.34. The van der Waals surface area contributed by atoms with Gasteiger partial charge in [0, 0.05) is 19.5 Å². The summed E-state index contributed by atoms with van der Waals surface area (Å²) in [5.74, 6) is -0.303. The van der Waals surface area contributed by atoms with Crippen LogP contribution in [-0.4, -0.2) is 34.8 Å². The van der Waals surface area contributed by atoms with E-state index in [1.54, 1.807) is 11.0 Å². The zero-order valence-electron chi connectivity index (χ0n) is 14.0. The van der Waals surface area contributed by atoms with Crippen LogP contribution in [0.1, 0.15) is 24.0 Å². The van der Waals surface area contributed by atoms with Crippen LogP contribution in [0.2, 0.25) is 0 Å². The first-order valence-corrected chi connectivity index (χ1v) is 8.47. The number of hydrogen-bond acceptors (Lipinski definition) is 3. The molecule has 25 heavy (non-hydrogen) atoms. The zero-order valence-corrected chi connectivity index (χ0v) is 14.0. The second-order valence-corrected chi connectivity index (χ2v) is 6.56. The molecular formula is C20H22FNO3. The third-order valence-corrected chi connectivity index (χ3v) is 4.58. The van der Waals surface area contributed by atoms with Crippen LogP contribution in [0.3, 0.4) is 0 Å². The summed E-state index contributed by atoms with van der Waals surface area (Å²) in [4.78, 5) is 13.8. The molecule has 3 rings (SSSR count). The summed E-state index contributed by atoms with van der Waals surface area (Å²) in [6, 6.07) is 15.8. The van der Waals surface area contributed by atoms with Gasteiger partial charge in [-0.1, -0.05) is 42.5 Å². The number of hydrogen-bond donors (Lipinski definition) is 1. The molecule has 0 aliphatic carbocycles. The van der Waals surface area contributed by atoms with Gasteiger partial charge in [-0.3, -0.25) is 0 Å². The first kappa shape index (κ1) is 17.4. The number of carbonyl (C=O) groups is 1. The molecule has 5 heteroatoms. The lowest BCUT2D eigenvalue weighted by atomic mass is 9.85. The fourth-order valence-corrected chi connectivity index (χ4v) is 3.12. The first-order valence-electron chi connectivity index (χ1n) is 8.47. The van der Waals surface area contributed by atoms with E-state index in [1.165, 1.54) is 12.1 Å². The number of likely N-dealkylation sites (tertiary alicyclic amines) is 1. The van der Waals surface area contributed by atoms with Crippen molar-refractivity contribution in [2.24, 2.45) is 0 Å². The van der Waals surface area contributed by atoms with Crippen LogP contribution < -0.4 is 0 Å². The van der Waals surface area contributed by atoms with Crippen LogP contribution in [-0.2, 0) is 17.8 Å². The summed E-state index contributed by atoms with van der Waals surface area (Å²) in [5, 5.41) is 10.7. The highest BCUT2D eigenvalue weighted by atomic mass is 19.1. The van der Waals surface area contributed by atoms with Crippen LogP contribution >= 0.6 is 0 Å². The number of halogens is 1. The number of ether oxygens (including phenoxy) is 1. The first-order chi connectivity index (χ1) is 12.0. The van der Waals surface area contributed by atoms with E-state index < -0.39 is 5.60 Å². The average Bonchev–Trinajstić information content (AvgIpc) is 2.61. The fourth-order valence-electron chi connectivity index (χ4n) is 3.12. The van der Waals surface area contributed by atoms with Gasteiger partial charge in [-0.15, -0.1) is 0 Å². The van der Waals surface area contributed by atoms with E-state index in [9.17, 15) is 14.3 Å². The average molecular weight is 343 g/mol. The van der Waals surface area contributed by atoms with Crippen molar-refractivity contribution >= 4 is 6.09 Å². The highest BCUT2D eigenvalue weighted by Crippen LogP contribution is 2.27.